The Morgan fingerprint density at radius 2 is 2.07 bits per heavy atom. The van der Waals surface area contributed by atoms with E-state index in [2.05, 4.69) is 15.5 Å². The molecular formula is C17H19N5O3S2. The molecule has 4 rings (SSSR count). The summed E-state index contributed by atoms with van der Waals surface area (Å²) >= 11 is 1.20. The van der Waals surface area contributed by atoms with Crippen molar-refractivity contribution >= 4 is 43.2 Å². The molecule has 1 fully saturated rings. The van der Waals surface area contributed by atoms with E-state index in [9.17, 15) is 13.2 Å². The number of amides is 1. The van der Waals surface area contributed by atoms with Gasteiger partial charge < -0.3 is 11.1 Å². The van der Waals surface area contributed by atoms with Crippen LogP contribution in [0, 0.1) is 13.8 Å². The van der Waals surface area contributed by atoms with Crippen LogP contribution in [0.2, 0.25) is 0 Å². The summed E-state index contributed by atoms with van der Waals surface area (Å²) in [5, 5.41) is 11.8. The minimum Gasteiger partial charge on any atom is -0.397 e. The van der Waals surface area contributed by atoms with Crippen LogP contribution in [0.3, 0.4) is 0 Å². The highest BCUT2D eigenvalue weighted by Crippen LogP contribution is 2.35. The second-order valence-corrected chi connectivity index (χ2v) is 9.61. The zero-order chi connectivity index (χ0) is 19.3. The number of rotatable bonds is 4. The van der Waals surface area contributed by atoms with E-state index in [1.165, 1.54) is 15.6 Å². The number of nitrogens with two attached hydrogens (primary N) is 1. The monoisotopic (exact) mass is 405 g/mol. The number of nitrogens with one attached hydrogen (secondary N) is 1. The number of sulfonamides is 1. The molecule has 0 aromatic carbocycles. The number of hydrogen-bond acceptors (Lipinski definition) is 7. The highest BCUT2D eigenvalue weighted by Gasteiger charge is 2.38. The van der Waals surface area contributed by atoms with Gasteiger partial charge in [-0.25, -0.2) is 8.42 Å². The van der Waals surface area contributed by atoms with Gasteiger partial charge in [0, 0.05) is 18.5 Å². The van der Waals surface area contributed by atoms with Gasteiger partial charge in [0.1, 0.15) is 9.71 Å². The normalized spacial score (nSPS) is 17.9. The van der Waals surface area contributed by atoms with Crippen LogP contribution in [-0.4, -0.2) is 48.0 Å². The lowest BCUT2D eigenvalue weighted by Gasteiger charge is -2.38. The number of aromatic nitrogens is 2. The topological polar surface area (TPSA) is 118 Å². The Morgan fingerprint density at radius 1 is 1.33 bits per heavy atom. The van der Waals surface area contributed by atoms with E-state index in [0.29, 0.717) is 26.7 Å². The van der Waals surface area contributed by atoms with E-state index in [-0.39, 0.29) is 25.0 Å². The second kappa shape index (κ2) is 6.39. The van der Waals surface area contributed by atoms with Gasteiger partial charge in [-0.3, -0.25) is 4.79 Å². The smallest absolute Gasteiger partial charge is 0.263 e. The molecule has 0 saturated carbocycles. The van der Waals surface area contributed by atoms with Gasteiger partial charge in [0.15, 0.2) is 0 Å². The summed E-state index contributed by atoms with van der Waals surface area (Å²) in [6.45, 7) is 4.25. The highest BCUT2D eigenvalue weighted by atomic mass is 32.2. The first-order valence-corrected chi connectivity index (χ1v) is 10.7. The Hall–Kier alpha value is -2.30. The average Bonchev–Trinajstić information content (AvgIpc) is 3.22. The summed E-state index contributed by atoms with van der Waals surface area (Å²) in [5.74, 6) is -0.311. The summed E-state index contributed by atoms with van der Waals surface area (Å²) in [6, 6.07) is -0.239. The Bertz CT molecular complexity index is 1110. The van der Waals surface area contributed by atoms with Crippen molar-refractivity contribution in [3.05, 3.63) is 39.3 Å². The van der Waals surface area contributed by atoms with Crippen molar-refractivity contribution in [2.45, 2.75) is 26.3 Å². The van der Waals surface area contributed by atoms with Crippen LogP contribution in [-0.2, 0) is 10.0 Å². The van der Waals surface area contributed by atoms with Crippen LogP contribution in [0.1, 0.15) is 27.3 Å². The molecule has 2 aliphatic rings. The van der Waals surface area contributed by atoms with Crippen LogP contribution < -0.4 is 11.1 Å². The molecule has 27 heavy (non-hydrogen) atoms. The maximum Gasteiger partial charge on any atom is 0.263 e. The number of anilines is 1. The zero-order valence-electron chi connectivity index (χ0n) is 14.9. The number of hydrogen-bond donors (Lipinski definition) is 2. The summed E-state index contributed by atoms with van der Waals surface area (Å²) < 4.78 is 26.2. The maximum atomic E-state index is 12.6. The highest BCUT2D eigenvalue weighted by molar-refractivity contribution is 7.93. The lowest BCUT2D eigenvalue weighted by molar-refractivity contribution is 0.0901. The Labute approximate surface area is 160 Å². The van der Waals surface area contributed by atoms with Gasteiger partial charge in [0.2, 0.25) is 10.0 Å². The fourth-order valence-electron chi connectivity index (χ4n) is 3.16. The summed E-state index contributed by atoms with van der Waals surface area (Å²) in [7, 11) is -3.46. The van der Waals surface area contributed by atoms with E-state index >= 15 is 0 Å². The van der Waals surface area contributed by atoms with Crippen molar-refractivity contribution in [1.82, 2.24) is 19.8 Å². The molecule has 1 saturated heterocycles. The van der Waals surface area contributed by atoms with Crippen molar-refractivity contribution in [3.8, 4) is 0 Å². The quantitative estimate of drug-likeness (QED) is 0.795. The number of allylic oxidation sites excluding steroid dienone is 3. The molecule has 2 aromatic rings. The summed E-state index contributed by atoms with van der Waals surface area (Å²) in [4.78, 5) is 14.0. The molecule has 0 unspecified atom stereocenters. The predicted molar refractivity (Wildman–Crippen MR) is 105 cm³/mol. The molecule has 0 atom stereocenters. The Balaban J connectivity index is 1.47. The summed E-state index contributed by atoms with van der Waals surface area (Å²) in [6.07, 6.45) is 5.74. The standard InChI is InChI=1S/C17H19N5O3S2/c1-9-10(2)20-21-17-13(9)14(18)15(26-17)16(23)19-11-7-22(8-11)27(24,25)12-5-3-4-6-12/h3,5-6,11H,4,7-8,18H2,1-2H3,(H,19,23). The van der Waals surface area contributed by atoms with Crippen molar-refractivity contribution in [1.29, 1.82) is 0 Å². The van der Waals surface area contributed by atoms with Gasteiger partial charge in [-0.05, 0) is 31.9 Å². The van der Waals surface area contributed by atoms with Crippen molar-refractivity contribution < 1.29 is 13.2 Å². The minimum absolute atomic E-state index is 0.239. The number of thiophene rings is 1. The number of carbonyl (C=O) groups is 1. The number of nitrogen functional groups attached to an aromatic ring is 1. The molecule has 8 nitrogen and oxygen atoms in total. The number of fused-ring (bicyclic) bond motifs is 1. The van der Waals surface area contributed by atoms with Gasteiger partial charge in [-0.1, -0.05) is 12.2 Å². The van der Waals surface area contributed by atoms with Gasteiger partial charge in [-0.15, -0.1) is 16.4 Å². The fourth-order valence-corrected chi connectivity index (χ4v) is 5.79. The molecule has 2 aromatic heterocycles. The lowest BCUT2D eigenvalue weighted by Crippen LogP contribution is -2.60. The van der Waals surface area contributed by atoms with Crippen LogP contribution in [0.25, 0.3) is 10.2 Å². The van der Waals surface area contributed by atoms with Crippen molar-refractivity contribution in [3.63, 3.8) is 0 Å². The van der Waals surface area contributed by atoms with Crippen molar-refractivity contribution in [2.75, 3.05) is 18.8 Å². The number of nitrogens with zero attached hydrogens (tertiary/aromatic N) is 3. The molecule has 3 heterocycles. The van der Waals surface area contributed by atoms with Crippen LogP contribution in [0.15, 0.2) is 23.1 Å². The van der Waals surface area contributed by atoms with Crippen LogP contribution >= 0.6 is 11.3 Å². The van der Waals surface area contributed by atoms with E-state index in [1.807, 2.05) is 19.9 Å². The fraction of sp³-hybridized carbons (Fsp3) is 0.353. The third kappa shape index (κ3) is 2.93. The largest absolute Gasteiger partial charge is 0.397 e. The van der Waals surface area contributed by atoms with E-state index < -0.39 is 10.0 Å². The summed E-state index contributed by atoms with van der Waals surface area (Å²) in [5.41, 5.74) is 8.26. The maximum absolute atomic E-state index is 12.6. The molecule has 0 bridgehead atoms. The number of aryl methyl sites for hydroxylation is 2. The third-order valence-corrected chi connectivity index (χ3v) is 7.86. The molecule has 1 amide bonds. The molecule has 142 valence electrons. The first kappa shape index (κ1) is 18.1. The van der Waals surface area contributed by atoms with Crippen molar-refractivity contribution in [2.24, 2.45) is 0 Å². The molecule has 0 radical (unpaired) electrons. The molecule has 1 aliphatic heterocycles. The van der Waals surface area contributed by atoms with Gasteiger partial charge in [0.25, 0.3) is 5.91 Å². The molecule has 10 heteroatoms. The predicted octanol–water partition coefficient (Wildman–Crippen LogP) is 1.48. The molecule has 3 N–H and O–H groups in total. The SMILES string of the molecule is Cc1nnc2sc(C(=O)NC3CN(S(=O)(=O)C4=CCC=C4)C3)c(N)c2c1C. The minimum atomic E-state index is -3.46. The third-order valence-electron chi connectivity index (χ3n) is 4.90. The Kier molecular flexibility index (Phi) is 4.28. The van der Waals surface area contributed by atoms with E-state index in [1.54, 1.807) is 12.2 Å². The van der Waals surface area contributed by atoms with Gasteiger partial charge in [-0.2, -0.15) is 9.40 Å². The van der Waals surface area contributed by atoms with Crippen LogP contribution in [0.5, 0.6) is 0 Å². The molecule has 0 spiro atoms. The van der Waals surface area contributed by atoms with Gasteiger partial charge >= 0.3 is 0 Å². The average molecular weight is 406 g/mol. The first-order valence-electron chi connectivity index (χ1n) is 8.48. The molecule has 1 aliphatic carbocycles. The Morgan fingerprint density at radius 3 is 2.74 bits per heavy atom. The second-order valence-electron chi connectivity index (χ2n) is 6.67. The zero-order valence-corrected chi connectivity index (χ0v) is 16.5. The lowest BCUT2D eigenvalue weighted by atomic mass is 10.1. The first-order chi connectivity index (χ1) is 12.8. The van der Waals surface area contributed by atoms with Gasteiger partial charge in [0.05, 0.1) is 22.3 Å². The van der Waals surface area contributed by atoms with Crippen LogP contribution in [0.4, 0.5) is 5.69 Å². The van der Waals surface area contributed by atoms with E-state index in [4.69, 9.17) is 5.73 Å². The number of carbonyl (C=O) groups excluding carboxylic acids is 1. The van der Waals surface area contributed by atoms with E-state index in [0.717, 1.165) is 16.6 Å². The molecular weight excluding hydrogens is 386 g/mol.